The van der Waals surface area contributed by atoms with Gasteiger partial charge in [0.2, 0.25) is 0 Å². The van der Waals surface area contributed by atoms with Crippen LogP contribution in [0.15, 0.2) is 28.7 Å². The normalized spacial score (nSPS) is 13.8. The summed E-state index contributed by atoms with van der Waals surface area (Å²) in [6.45, 7) is 4.49. The Morgan fingerprint density at radius 2 is 1.89 bits per heavy atom. The number of halogens is 1. The maximum Gasteiger partial charge on any atom is 0.314 e. The number of urea groups is 1. The van der Waals surface area contributed by atoms with Gasteiger partial charge < -0.3 is 15.7 Å². The molecule has 0 aliphatic carbocycles. The summed E-state index contributed by atoms with van der Waals surface area (Å²) in [6, 6.07) is 7.20. The van der Waals surface area contributed by atoms with Crippen LogP contribution in [0.25, 0.3) is 0 Å². The molecule has 4 nitrogen and oxygen atoms in total. The van der Waals surface area contributed by atoms with Gasteiger partial charge in [0.05, 0.1) is 6.54 Å². The van der Waals surface area contributed by atoms with Crippen molar-refractivity contribution in [3.05, 3.63) is 34.3 Å². The molecule has 0 fully saturated rings. The van der Waals surface area contributed by atoms with Gasteiger partial charge in [-0.3, -0.25) is 0 Å². The highest BCUT2D eigenvalue weighted by Gasteiger charge is 2.27. The van der Waals surface area contributed by atoms with E-state index in [1.165, 1.54) is 0 Å². The molecule has 0 radical (unpaired) electrons. The van der Waals surface area contributed by atoms with E-state index in [0.717, 1.165) is 10.0 Å². The van der Waals surface area contributed by atoms with Gasteiger partial charge in [-0.25, -0.2) is 4.79 Å². The Balaban J connectivity index is 2.73. The van der Waals surface area contributed by atoms with E-state index >= 15 is 0 Å². The zero-order valence-corrected chi connectivity index (χ0v) is 12.3. The van der Waals surface area contributed by atoms with Gasteiger partial charge in [0.1, 0.15) is 5.60 Å². The largest absolute Gasteiger partial charge is 0.383 e. The summed E-state index contributed by atoms with van der Waals surface area (Å²) in [6.07, 6.45) is 0.529. The van der Waals surface area contributed by atoms with E-state index in [1.54, 1.807) is 0 Å². The Labute approximate surface area is 116 Å². The summed E-state index contributed by atoms with van der Waals surface area (Å²) in [5, 5.41) is 15.9. The average molecular weight is 315 g/mol. The number of carbonyl (C=O) groups is 1. The monoisotopic (exact) mass is 314 g/mol. The van der Waals surface area contributed by atoms with Crippen molar-refractivity contribution in [1.29, 1.82) is 0 Å². The Morgan fingerprint density at radius 1 is 1.28 bits per heavy atom. The van der Waals surface area contributed by atoms with E-state index < -0.39 is 5.60 Å². The van der Waals surface area contributed by atoms with Gasteiger partial charge in [-0.1, -0.05) is 35.0 Å². The van der Waals surface area contributed by atoms with Crippen molar-refractivity contribution in [1.82, 2.24) is 10.6 Å². The van der Waals surface area contributed by atoms with Crippen LogP contribution in [0.3, 0.4) is 0 Å². The van der Waals surface area contributed by atoms with Crippen LogP contribution in [0.1, 0.15) is 25.8 Å². The molecule has 5 heteroatoms. The molecule has 1 unspecified atom stereocenters. The first kappa shape index (κ1) is 15.0. The molecule has 0 aliphatic heterocycles. The molecule has 0 heterocycles. The van der Waals surface area contributed by atoms with Crippen LogP contribution >= 0.6 is 15.9 Å². The molecular formula is C13H19BrN2O2. The fraction of sp³-hybridized carbons (Fsp3) is 0.462. The summed E-state index contributed by atoms with van der Waals surface area (Å²) in [4.78, 5) is 11.4. The number of hydrogen-bond acceptors (Lipinski definition) is 2. The second-order valence-electron chi connectivity index (χ2n) is 4.11. The van der Waals surface area contributed by atoms with Crippen molar-refractivity contribution in [2.45, 2.75) is 25.9 Å². The van der Waals surface area contributed by atoms with Gasteiger partial charge in [0, 0.05) is 11.0 Å². The predicted molar refractivity (Wildman–Crippen MR) is 75.4 cm³/mol. The highest BCUT2D eigenvalue weighted by atomic mass is 79.9. The number of aliphatic hydroxyl groups is 1. The van der Waals surface area contributed by atoms with Gasteiger partial charge in [0.15, 0.2) is 0 Å². The minimum Gasteiger partial charge on any atom is -0.383 e. The molecule has 0 aliphatic rings. The predicted octanol–water partition coefficient (Wildman–Crippen LogP) is 2.37. The Morgan fingerprint density at radius 3 is 2.39 bits per heavy atom. The van der Waals surface area contributed by atoms with E-state index in [2.05, 4.69) is 26.6 Å². The van der Waals surface area contributed by atoms with E-state index in [1.807, 2.05) is 38.1 Å². The first-order valence-corrected chi connectivity index (χ1v) is 6.81. The number of hydrogen-bond donors (Lipinski definition) is 3. The lowest BCUT2D eigenvalue weighted by atomic mass is 9.91. The van der Waals surface area contributed by atoms with Gasteiger partial charge in [-0.2, -0.15) is 0 Å². The minimum absolute atomic E-state index is 0.191. The summed E-state index contributed by atoms with van der Waals surface area (Å²) in [5.74, 6) is 0. The molecule has 1 aromatic carbocycles. The molecule has 100 valence electrons. The number of amides is 2. The van der Waals surface area contributed by atoms with Crippen LogP contribution in [0, 0.1) is 0 Å². The van der Waals surface area contributed by atoms with Crippen LogP contribution in [-0.4, -0.2) is 24.2 Å². The second-order valence-corrected chi connectivity index (χ2v) is 5.02. The molecule has 0 aromatic heterocycles. The van der Waals surface area contributed by atoms with E-state index in [4.69, 9.17) is 0 Å². The Kier molecular flexibility index (Phi) is 5.62. The van der Waals surface area contributed by atoms with Crippen molar-refractivity contribution in [3.8, 4) is 0 Å². The van der Waals surface area contributed by atoms with E-state index in [-0.39, 0.29) is 12.6 Å². The molecule has 2 amide bonds. The standard InChI is InChI=1S/C13H19BrN2O2/c1-3-13(18,9-16-12(17)15-4-2)10-5-7-11(14)8-6-10/h5-8,18H,3-4,9H2,1-2H3,(H2,15,16,17). The van der Waals surface area contributed by atoms with Crippen molar-refractivity contribution < 1.29 is 9.90 Å². The number of nitrogens with one attached hydrogen (secondary N) is 2. The van der Waals surface area contributed by atoms with Gasteiger partial charge in [-0.05, 0) is 31.0 Å². The maximum absolute atomic E-state index is 11.4. The molecular weight excluding hydrogens is 296 g/mol. The quantitative estimate of drug-likeness (QED) is 0.781. The number of benzene rings is 1. The first-order chi connectivity index (χ1) is 8.51. The van der Waals surface area contributed by atoms with Crippen LogP contribution in [0.5, 0.6) is 0 Å². The molecule has 1 rings (SSSR count). The molecule has 0 bridgehead atoms. The highest BCUT2D eigenvalue weighted by Crippen LogP contribution is 2.25. The van der Waals surface area contributed by atoms with E-state index in [0.29, 0.717) is 13.0 Å². The third kappa shape index (κ3) is 3.99. The lowest BCUT2D eigenvalue weighted by molar-refractivity contribution is 0.0351. The summed E-state index contributed by atoms with van der Waals surface area (Å²) in [7, 11) is 0. The third-order valence-electron chi connectivity index (χ3n) is 2.85. The summed E-state index contributed by atoms with van der Waals surface area (Å²) in [5.41, 5.74) is -0.240. The highest BCUT2D eigenvalue weighted by molar-refractivity contribution is 9.10. The van der Waals surface area contributed by atoms with Crippen LogP contribution in [0.4, 0.5) is 4.79 Å². The number of carbonyl (C=O) groups excluding carboxylic acids is 1. The Hall–Kier alpha value is -1.07. The van der Waals surface area contributed by atoms with Gasteiger partial charge >= 0.3 is 6.03 Å². The lowest BCUT2D eigenvalue weighted by Crippen LogP contribution is -2.44. The zero-order valence-electron chi connectivity index (χ0n) is 10.7. The van der Waals surface area contributed by atoms with Crippen molar-refractivity contribution in [3.63, 3.8) is 0 Å². The molecule has 18 heavy (non-hydrogen) atoms. The smallest absolute Gasteiger partial charge is 0.314 e. The molecule has 1 atom stereocenters. The van der Waals surface area contributed by atoms with Crippen LogP contribution < -0.4 is 10.6 Å². The SMILES string of the molecule is CCNC(=O)NCC(O)(CC)c1ccc(Br)cc1. The summed E-state index contributed by atoms with van der Waals surface area (Å²) < 4.78 is 0.960. The first-order valence-electron chi connectivity index (χ1n) is 6.02. The fourth-order valence-electron chi connectivity index (χ4n) is 1.64. The number of rotatable bonds is 5. The second kappa shape index (κ2) is 6.75. The average Bonchev–Trinajstić information content (AvgIpc) is 2.37. The molecule has 3 N–H and O–H groups in total. The fourth-order valence-corrected chi connectivity index (χ4v) is 1.91. The third-order valence-corrected chi connectivity index (χ3v) is 3.37. The van der Waals surface area contributed by atoms with Crippen molar-refractivity contribution in [2.24, 2.45) is 0 Å². The molecule has 0 saturated carbocycles. The van der Waals surface area contributed by atoms with E-state index in [9.17, 15) is 9.90 Å². The van der Waals surface area contributed by atoms with Crippen LogP contribution in [-0.2, 0) is 5.60 Å². The molecule has 0 saturated heterocycles. The van der Waals surface area contributed by atoms with Gasteiger partial charge in [-0.15, -0.1) is 0 Å². The van der Waals surface area contributed by atoms with Crippen LogP contribution in [0.2, 0.25) is 0 Å². The maximum atomic E-state index is 11.4. The van der Waals surface area contributed by atoms with Crippen molar-refractivity contribution in [2.75, 3.05) is 13.1 Å². The summed E-state index contributed by atoms with van der Waals surface area (Å²) >= 11 is 3.36. The Bertz CT molecular complexity index is 394. The minimum atomic E-state index is -1.04. The topological polar surface area (TPSA) is 61.4 Å². The zero-order chi connectivity index (χ0) is 13.6. The molecule has 1 aromatic rings. The van der Waals surface area contributed by atoms with Crippen molar-refractivity contribution >= 4 is 22.0 Å². The molecule has 0 spiro atoms. The lowest BCUT2D eigenvalue weighted by Gasteiger charge is -2.27. The van der Waals surface area contributed by atoms with Gasteiger partial charge in [0.25, 0.3) is 0 Å².